The van der Waals surface area contributed by atoms with Crippen LogP contribution in [0.1, 0.15) is 45.1 Å². The van der Waals surface area contributed by atoms with E-state index in [9.17, 15) is 14.0 Å². The molecule has 1 aromatic heterocycles. The van der Waals surface area contributed by atoms with E-state index in [0.717, 1.165) is 13.0 Å². The second kappa shape index (κ2) is 16.8. The van der Waals surface area contributed by atoms with Crippen molar-refractivity contribution in [1.82, 2.24) is 25.1 Å². The lowest BCUT2D eigenvalue weighted by atomic mass is 10.1. The number of unbranched alkanes of at least 4 members (excludes halogenated alkanes) is 1. The predicted octanol–water partition coefficient (Wildman–Crippen LogP) is 3.78. The van der Waals surface area contributed by atoms with Gasteiger partial charge in [0.25, 0.3) is 0 Å². The SMILES string of the molecule is CCCNc1nc(Nc2cccc(F)c2)ncc1C#CCCCNC(=O)C(CC)N(C)C(=O)C=CCN(C)C. The molecule has 0 radical (unpaired) electrons. The van der Waals surface area contributed by atoms with Crippen LogP contribution >= 0.6 is 0 Å². The molecule has 9 nitrogen and oxygen atoms in total. The van der Waals surface area contributed by atoms with Crippen molar-refractivity contribution in [3.8, 4) is 11.8 Å². The van der Waals surface area contributed by atoms with Gasteiger partial charge in [-0.3, -0.25) is 9.59 Å². The first-order valence-corrected chi connectivity index (χ1v) is 13.2. The average Bonchev–Trinajstić information content (AvgIpc) is 2.90. The van der Waals surface area contributed by atoms with Gasteiger partial charge in [-0.25, -0.2) is 9.37 Å². The van der Waals surface area contributed by atoms with E-state index in [1.165, 1.54) is 23.1 Å². The Morgan fingerprint density at radius 3 is 2.67 bits per heavy atom. The van der Waals surface area contributed by atoms with Gasteiger partial charge in [0.1, 0.15) is 17.7 Å². The molecule has 0 aliphatic heterocycles. The molecule has 1 aromatic carbocycles. The molecule has 1 heterocycles. The fourth-order valence-corrected chi connectivity index (χ4v) is 3.54. The van der Waals surface area contributed by atoms with Crippen molar-refractivity contribution in [2.75, 3.05) is 51.4 Å². The third kappa shape index (κ3) is 11.1. The fourth-order valence-electron chi connectivity index (χ4n) is 3.54. The van der Waals surface area contributed by atoms with Gasteiger partial charge in [-0.1, -0.05) is 37.8 Å². The molecule has 2 aromatic rings. The average molecular weight is 538 g/mol. The number of benzene rings is 1. The molecular formula is C29H40FN7O2. The lowest BCUT2D eigenvalue weighted by molar-refractivity contribution is -0.135. The zero-order chi connectivity index (χ0) is 28.6. The molecule has 10 heteroatoms. The second-order valence-electron chi connectivity index (χ2n) is 9.25. The van der Waals surface area contributed by atoms with Crippen molar-refractivity contribution < 1.29 is 14.0 Å². The van der Waals surface area contributed by atoms with Crippen LogP contribution in [0.5, 0.6) is 0 Å². The number of nitrogens with zero attached hydrogens (tertiary/aromatic N) is 4. The molecule has 210 valence electrons. The summed E-state index contributed by atoms with van der Waals surface area (Å²) in [5.74, 6) is 6.44. The van der Waals surface area contributed by atoms with Gasteiger partial charge in [0.15, 0.2) is 0 Å². The highest BCUT2D eigenvalue weighted by Gasteiger charge is 2.23. The maximum atomic E-state index is 13.5. The normalized spacial score (nSPS) is 11.6. The number of carbonyl (C=O) groups excluding carboxylic acids is 2. The summed E-state index contributed by atoms with van der Waals surface area (Å²) < 4.78 is 13.5. The van der Waals surface area contributed by atoms with E-state index in [4.69, 9.17) is 0 Å². The van der Waals surface area contributed by atoms with Crippen LogP contribution in [0.4, 0.5) is 21.8 Å². The number of likely N-dealkylation sites (N-methyl/N-ethyl adjacent to an activating group) is 2. The number of halogens is 1. The van der Waals surface area contributed by atoms with Crippen molar-refractivity contribution in [3.63, 3.8) is 0 Å². The number of hydrogen-bond acceptors (Lipinski definition) is 7. The maximum absolute atomic E-state index is 13.5. The molecule has 39 heavy (non-hydrogen) atoms. The van der Waals surface area contributed by atoms with Gasteiger partial charge in [0.2, 0.25) is 17.8 Å². The highest BCUT2D eigenvalue weighted by molar-refractivity contribution is 5.92. The molecule has 0 fully saturated rings. The van der Waals surface area contributed by atoms with E-state index in [1.807, 2.05) is 25.9 Å². The van der Waals surface area contributed by atoms with E-state index in [-0.39, 0.29) is 17.6 Å². The zero-order valence-corrected chi connectivity index (χ0v) is 23.6. The van der Waals surface area contributed by atoms with Crippen LogP contribution in [0.2, 0.25) is 0 Å². The molecule has 1 unspecified atom stereocenters. The number of rotatable bonds is 14. The monoisotopic (exact) mass is 537 g/mol. The van der Waals surface area contributed by atoms with E-state index in [2.05, 4.69) is 44.7 Å². The van der Waals surface area contributed by atoms with E-state index in [1.54, 1.807) is 31.5 Å². The van der Waals surface area contributed by atoms with Crippen LogP contribution in [0.25, 0.3) is 0 Å². The molecule has 0 aliphatic rings. The Labute approximate surface area is 231 Å². The van der Waals surface area contributed by atoms with E-state index < -0.39 is 6.04 Å². The van der Waals surface area contributed by atoms with Gasteiger partial charge in [0, 0.05) is 44.9 Å². The largest absolute Gasteiger partial charge is 0.369 e. The highest BCUT2D eigenvalue weighted by Crippen LogP contribution is 2.18. The Morgan fingerprint density at radius 1 is 1.18 bits per heavy atom. The van der Waals surface area contributed by atoms with Gasteiger partial charge < -0.3 is 25.8 Å². The van der Waals surface area contributed by atoms with E-state index in [0.29, 0.717) is 55.4 Å². The Balaban J connectivity index is 1.90. The van der Waals surface area contributed by atoms with Gasteiger partial charge in [-0.2, -0.15) is 4.98 Å². The minimum atomic E-state index is -0.531. The Hall–Kier alpha value is -3.97. The molecule has 1 atom stereocenters. The summed E-state index contributed by atoms with van der Waals surface area (Å²) in [6.45, 7) is 5.77. The summed E-state index contributed by atoms with van der Waals surface area (Å²) in [5.41, 5.74) is 1.21. The van der Waals surface area contributed by atoms with Crippen LogP contribution in [0.15, 0.2) is 42.6 Å². The van der Waals surface area contributed by atoms with Crippen molar-refractivity contribution in [1.29, 1.82) is 0 Å². The molecular weight excluding hydrogens is 497 g/mol. The molecule has 0 spiro atoms. The minimum absolute atomic E-state index is 0.178. The lowest BCUT2D eigenvalue weighted by Crippen LogP contribution is -2.47. The molecule has 0 saturated heterocycles. The first-order chi connectivity index (χ1) is 18.7. The summed E-state index contributed by atoms with van der Waals surface area (Å²) in [4.78, 5) is 37.3. The first kappa shape index (κ1) is 31.2. The van der Waals surface area contributed by atoms with Crippen LogP contribution in [-0.2, 0) is 9.59 Å². The standard InChI is InChI=1S/C29H40FN7O2/c1-6-17-31-27-22(21-33-29(35-27)34-24-15-11-14-23(30)20-24)13-9-8-10-18-32-28(39)25(7-2)37(5)26(38)16-12-19-36(3)4/h11-12,14-16,20-21,25H,6-8,10,17-19H2,1-5H3,(H,32,39)(H2,31,33,34,35). The first-order valence-electron chi connectivity index (χ1n) is 13.2. The van der Waals surface area contributed by atoms with Gasteiger partial charge in [0.05, 0.1) is 11.8 Å². The van der Waals surface area contributed by atoms with E-state index >= 15 is 0 Å². The lowest BCUT2D eigenvalue weighted by Gasteiger charge is -2.25. The van der Waals surface area contributed by atoms with Gasteiger partial charge in [-0.15, -0.1) is 0 Å². The summed E-state index contributed by atoms with van der Waals surface area (Å²) in [7, 11) is 5.49. The molecule has 2 rings (SSSR count). The zero-order valence-electron chi connectivity index (χ0n) is 23.6. The predicted molar refractivity (Wildman–Crippen MR) is 154 cm³/mol. The summed E-state index contributed by atoms with van der Waals surface area (Å²) in [5, 5.41) is 9.18. The fraction of sp³-hybridized carbons (Fsp3) is 0.448. The number of anilines is 3. The Kier molecular flexibility index (Phi) is 13.4. The third-order valence-electron chi connectivity index (χ3n) is 5.65. The maximum Gasteiger partial charge on any atom is 0.246 e. The molecule has 3 N–H and O–H groups in total. The molecule has 0 bridgehead atoms. The van der Waals surface area contributed by atoms with Crippen LogP contribution < -0.4 is 16.0 Å². The van der Waals surface area contributed by atoms with Crippen molar-refractivity contribution in [2.45, 2.75) is 45.6 Å². The summed E-state index contributed by atoms with van der Waals surface area (Å²) >= 11 is 0. The Morgan fingerprint density at radius 2 is 1.97 bits per heavy atom. The quantitative estimate of drug-likeness (QED) is 0.191. The number of carbonyl (C=O) groups is 2. The topological polar surface area (TPSA) is 102 Å². The molecule has 2 amide bonds. The molecule has 0 aliphatic carbocycles. The number of amides is 2. The third-order valence-corrected chi connectivity index (χ3v) is 5.65. The Bertz CT molecular complexity index is 1170. The number of nitrogens with one attached hydrogen (secondary N) is 3. The van der Waals surface area contributed by atoms with Crippen molar-refractivity contribution in [3.05, 3.63) is 54.0 Å². The van der Waals surface area contributed by atoms with Crippen LogP contribution in [0.3, 0.4) is 0 Å². The van der Waals surface area contributed by atoms with Crippen molar-refractivity contribution in [2.24, 2.45) is 0 Å². The summed E-state index contributed by atoms with van der Waals surface area (Å²) in [6, 6.07) is 5.56. The van der Waals surface area contributed by atoms with Crippen LogP contribution in [0, 0.1) is 17.7 Å². The summed E-state index contributed by atoms with van der Waals surface area (Å²) in [6.07, 6.45) is 7.58. The smallest absolute Gasteiger partial charge is 0.246 e. The van der Waals surface area contributed by atoms with Crippen LogP contribution in [-0.4, -0.2) is 78.4 Å². The van der Waals surface area contributed by atoms with Crippen molar-refractivity contribution >= 4 is 29.3 Å². The molecule has 0 saturated carbocycles. The second-order valence-corrected chi connectivity index (χ2v) is 9.25. The number of hydrogen-bond donors (Lipinski definition) is 3. The minimum Gasteiger partial charge on any atom is -0.369 e. The number of aromatic nitrogens is 2. The van der Waals surface area contributed by atoms with Gasteiger partial charge >= 0.3 is 0 Å². The van der Waals surface area contributed by atoms with Gasteiger partial charge in [-0.05, 0) is 51.6 Å². The highest BCUT2D eigenvalue weighted by atomic mass is 19.1.